The molecule has 3 heterocycles. The van der Waals surface area contributed by atoms with Crippen LogP contribution in [0.4, 0.5) is 16.0 Å². The summed E-state index contributed by atoms with van der Waals surface area (Å²) in [6.07, 6.45) is 3.85. The first-order chi connectivity index (χ1) is 14.1. The Morgan fingerprint density at radius 3 is 2.86 bits per heavy atom. The monoisotopic (exact) mass is 435 g/mol. The quantitative estimate of drug-likeness (QED) is 0.564. The first kappa shape index (κ1) is 19.8. The first-order valence-electron chi connectivity index (χ1n) is 9.18. The van der Waals surface area contributed by atoms with Gasteiger partial charge in [0.1, 0.15) is 11.6 Å². The fraction of sp³-hybridized carbons (Fsp3) is 0.316. The van der Waals surface area contributed by atoms with Crippen molar-refractivity contribution >= 4 is 40.9 Å². The molecule has 1 aliphatic heterocycles. The maximum absolute atomic E-state index is 13.8. The zero-order chi connectivity index (χ0) is 20.2. The van der Waals surface area contributed by atoms with Gasteiger partial charge in [-0.25, -0.2) is 4.39 Å². The molecular weight excluding hydrogens is 417 g/mol. The zero-order valence-corrected chi connectivity index (χ0v) is 17.0. The van der Waals surface area contributed by atoms with Gasteiger partial charge in [0.2, 0.25) is 11.9 Å². The van der Waals surface area contributed by atoms with Crippen molar-refractivity contribution in [3.05, 3.63) is 53.2 Å². The number of aromatic nitrogens is 3. The van der Waals surface area contributed by atoms with Crippen LogP contribution in [0.1, 0.15) is 18.6 Å². The Labute approximate surface area is 176 Å². The molecule has 0 atom stereocenters. The number of benzene rings is 1. The predicted molar refractivity (Wildman–Crippen MR) is 110 cm³/mol. The highest BCUT2D eigenvalue weighted by Gasteiger charge is 2.22. The van der Waals surface area contributed by atoms with Crippen molar-refractivity contribution < 1.29 is 13.6 Å². The highest BCUT2D eigenvalue weighted by atomic mass is 35.5. The van der Waals surface area contributed by atoms with E-state index in [0.29, 0.717) is 16.7 Å². The number of nitrogens with zero attached hydrogens (tertiary/aromatic N) is 4. The molecule has 0 bridgehead atoms. The van der Waals surface area contributed by atoms with Crippen LogP contribution in [0.3, 0.4) is 0 Å². The second-order valence-corrected chi connectivity index (χ2v) is 7.98. The summed E-state index contributed by atoms with van der Waals surface area (Å²) in [6.45, 7) is 2.32. The third-order valence-corrected chi connectivity index (χ3v) is 5.72. The van der Waals surface area contributed by atoms with Gasteiger partial charge in [0, 0.05) is 18.1 Å². The van der Waals surface area contributed by atoms with Crippen molar-refractivity contribution in [3.63, 3.8) is 0 Å². The van der Waals surface area contributed by atoms with E-state index in [1.54, 1.807) is 6.26 Å². The van der Waals surface area contributed by atoms with Gasteiger partial charge in [-0.05, 0) is 43.2 Å². The second-order valence-electron chi connectivity index (χ2n) is 6.60. The average Bonchev–Trinajstić information content (AvgIpc) is 3.45. The normalized spacial score (nSPS) is 13.8. The lowest BCUT2D eigenvalue weighted by Crippen LogP contribution is -2.23. The Balaban J connectivity index is 1.47. The fourth-order valence-corrected chi connectivity index (χ4v) is 4.05. The Hall–Kier alpha value is -2.52. The van der Waals surface area contributed by atoms with Crippen LogP contribution in [0.2, 0.25) is 5.02 Å². The lowest BCUT2D eigenvalue weighted by Gasteiger charge is -2.17. The van der Waals surface area contributed by atoms with Crippen LogP contribution in [-0.2, 0) is 11.3 Å². The Morgan fingerprint density at radius 1 is 1.28 bits per heavy atom. The number of rotatable bonds is 7. The Kier molecular flexibility index (Phi) is 6.05. The summed E-state index contributed by atoms with van der Waals surface area (Å²) in [4.78, 5) is 14.5. The van der Waals surface area contributed by atoms with E-state index in [1.165, 1.54) is 30.0 Å². The molecule has 1 N–H and O–H groups in total. The molecule has 1 fully saturated rings. The van der Waals surface area contributed by atoms with E-state index in [9.17, 15) is 9.18 Å². The molecule has 0 aliphatic carbocycles. The minimum absolute atomic E-state index is 0.0536. The smallest absolute Gasteiger partial charge is 0.234 e. The van der Waals surface area contributed by atoms with Crippen LogP contribution in [0.15, 0.2) is 46.2 Å². The summed E-state index contributed by atoms with van der Waals surface area (Å²) in [5.41, 5.74) is 0.0536. The van der Waals surface area contributed by atoms with Gasteiger partial charge in [-0.2, -0.15) is 0 Å². The molecule has 7 nitrogen and oxygen atoms in total. The van der Waals surface area contributed by atoms with Crippen LogP contribution < -0.4 is 10.2 Å². The van der Waals surface area contributed by atoms with Crippen LogP contribution in [0.25, 0.3) is 0 Å². The standard InChI is InChI=1S/C19H19ClFN5O2S/c20-13-5-6-15(21)16(10-13)22-17(27)12-29-19-24-23-18(25-7-1-2-8-25)26(19)11-14-4-3-9-28-14/h3-6,9-10H,1-2,7-8,11-12H2,(H,22,27). The molecule has 0 saturated carbocycles. The van der Waals surface area contributed by atoms with E-state index in [-0.39, 0.29) is 17.3 Å². The Morgan fingerprint density at radius 2 is 2.10 bits per heavy atom. The number of amides is 1. The average molecular weight is 436 g/mol. The van der Waals surface area contributed by atoms with Gasteiger partial charge in [-0.3, -0.25) is 9.36 Å². The molecule has 4 rings (SSSR count). The second kappa shape index (κ2) is 8.87. The molecule has 2 aromatic heterocycles. The van der Waals surface area contributed by atoms with Crippen LogP contribution in [-0.4, -0.2) is 39.5 Å². The number of thioether (sulfide) groups is 1. The number of anilines is 2. The van der Waals surface area contributed by atoms with E-state index in [0.717, 1.165) is 37.6 Å². The summed E-state index contributed by atoms with van der Waals surface area (Å²) in [7, 11) is 0. The lowest BCUT2D eigenvalue weighted by atomic mass is 10.3. The Bertz CT molecular complexity index is 989. The molecule has 29 heavy (non-hydrogen) atoms. The van der Waals surface area contributed by atoms with Gasteiger partial charge in [-0.1, -0.05) is 23.4 Å². The summed E-state index contributed by atoms with van der Waals surface area (Å²) < 4.78 is 21.2. The topological polar surface area (TPSA) is 76.2 Å². The maximum Gasteiger partial charge on any atom is 0.234 e. The van der Waals surface area contributed by atoms with Gasteiger partial charge < -0.3 is 14.6 Å². The van der Waals surface area contributed by atoms with E-state index in [2.05, 4.69) is 20.4 Å². The third-order valence-electron chi connectivity index (χ3n) is 4.52. The minimum Gasteiger partial charge on any atom is -0.467 e. The zero-order valence-electron chi connectivity index (χ0n) is 15.5. The van der Waals surface area contributed by atoms with Gasteiger partial charge in [-0.15, -0.1) is 10.2 Å². The molecule has 3 aromatic rings. The van der Waals surface area contributed by atoms with Gasteiger partial charge >= 0.3 is 0 Å². The number of hydrogen-bond donors (Lipinski definition) is 1. The molecule has 1 aliphatic rings. The number of hydrogen-bond acceptors (Lipinski definition) is 6. The van der Waals surface area contributed by atoms with Crippen molar-refractivity contribution in [2.75, 3.05) is 29.1 Å². The highest BCUT2D eigenvalue weighted by Crippen LogP contribution is 2.26. The number of halogens is 2. The van der Waals surface area contributed by atoms with Gasteiger partial charge in [0.05, 0.1) is 24.2 Å². The number of nitrogens with one attached hydrogen (secondary N) is 1. The molecule has 1 aromatic carbocycles. The van der Waals surface area contributed by atoms with Crippen LogP contribution >= 0.6 is 23.4 Å². The van der Waals surface area contributed by atoms with Gasteiger partial charge in [0.25, 0.3) is 0 Å². The van der Waals surface area contributed by atoms with E-state index in [1.807, 2.05) is 16.7 Å². The number of furan rings is 1. The van der Waals surface area contributed by atoms with Crippen molar-refractivity contribution in [2.45, 2.75) is 24.5 Å². The van der Waals surface area contributed by atoms with Crippen LogP contribution in [0.5, 0.6) is 0 Å². The summed E-state index contributed by atoms with van der Waals surface area (Å²) in [6, 6.07) is 7.74. The highest BCUT2D eigenvalue weighted by molar-refractivity contribution is 7.99. The SMILES string of the molecule is O=C(CSc1nnc(N2CCCC2)n1Cc1ccco1)Nc1cc(Cl)ccc1F. The molecule has 10 heteroatoms. The molecule has 1 amide bonds. The molecule has 0 unspecified atom stereocenters. The fourth-order valence-electron chi connectivity index (χ4n) is 3.15. The molecule has 1 saturated heterocycles. The number of carbonyl (C=O) groups excluding carboxylic acids is 1. The summed E-state index contributed by atoms with van der Waals surface area (Å²) in [5.74, 6) is 0.708. The van der Waals surface area contributed by atoms with Crippen LogP contribution in [0, 0.1) is 5.82 Å². The van der Waals surface area contributed by atoms with Gasteiger partial charge in [0.15, 0.2) is 5.16 Å². The predicted octanol–water partition coefficient (Wildman–Crippen LogP) is 4.04. The third kappa shape index (κ3) is 4.73. The lowest BCUT2D eigenvalue weighted by molar-refractivity contribution is -0.113. The van der Waals surface area contributed by atoms with Crippen molar-refractivity contribution in [3.8, 4) is 0 Å². The molecular formula is C19H19ClFN5O2S. The number of carbonyl (C=O) groups is 1. The summed E-state index contributed by atoms with van der Waals surface area (Å²) in [5, 5.41) is 12.1. The maximum atomic E-state index is 13.8. The minimum atomic E-state index is -0.537. The first-order valence-corrected chi connectivity index (χ1v) is 10.5. The van der Waals surface area contributed by atoms with E-state index < -0.39 is 5.82 Å². The molecule has 152 valence electrons. The summed E-state index contributed by atoms with van der Waals surface area (Å²) >= 11 is 7.11. The molecule has 0 spiro atoms. The van der Waals surface area contributed by atoms with Crippen molar-refractivity contribution in [1.29, 1.82) is 0 Å². The molecule has 0 radical (unpaired) electrons. The largest absolute Gasteiger partial charge is 0.467 e. The van der Waals surface area contributed by atoms with E-state index in [4.69, 9.17) is 16.0 Å². The van der Waals surface area contributed by atoms with Crippen molar-refractivity contribution in [2.24, 2.45) is 0 Å². The van der Waals surface area contributed by atoms with E-state index >= 15 is 0 Å². The van der Waals surface area contributed by atoms with Crippen molar-refractivity contribution in [1.82, 2.24) is 14.8 Å².